The fraction of sp³-hybridized carbons (Fsp3) is 0.946. The quantitative estimate of drug-likeness (QED) is 0.0222. The SMILES string of the molecule is CCCCCCCCCCCC(=O)O[C@H](COC(=O)CCCCCCCCCC)COP(=O)(O)OC[C@H](O)COP(=O)(O)OC[C@@H](COC(=O)CCCCCCCCCCCCCCCCCC(C)C)OC(=O)CCCCCCCCCCCCCCCCCC(C)C. The average molecular weight is 1370 g/mol. The van der Waals surface area contributed by atoms with Crippen LogP contribution in [0, 0.1) is 11.8 Å². The van der Waals surface area contributed by atoms with Crippen LogP contribution in [0.4, 0.5) is 0 Å². The first-order chi connectivity index (χ1) is 44.9. The van der Waals surface area contributed by atoms with E-state index in [0.717, 1.165) is 108 Å². The van der Waals surface area contributed by atoms with E-state index >= 15 is 0 Å². The highest BCUT2D eigenvalue weighted by molar-refractivity contribution is 7.47. The first-order valence-electron chi connectivity index (χ1n) is 38.5. The fourth-order valence-corrected chi connectivity index (χ4v) is 12.9. The Kier molecular flexibility index (Phi) is 64.6. The maximum absolute atomic E-state index is 13.1. The lowest BCUT2D eigenvalue weighted by molar-refractivity contribution is -0.161. The molecule has 2 unspecified atom stereocenters. The molecule has 0 aromatic rings. The minimum atomic E-state index is -4.95. The first kappa shape index (κ1) is 91.1. The van der Waals surface area contributed by atoms with Gasteiger partial charge in [-0.15, -0.1) is 0 Å². The molecule has 19 heteroatoms. The van der Waals surface area contributed by atoms with Crippen molar-refractivity contribution in [3.05, 3.63) is 0 Å². The van der Waals surface area contributed by atoms with Crippen molar-refractivity contribution in [2.45, 2.75) is 400 Å². The monoisotopic (exact) mass is 1370 g/mol. The van der Waals surface area contributed by atoms with Crippen LogP contribution in [0.25, 0.3) is 0 Å². The number of aliphatic hydroxyl groups excluding tert-OH is 1. The van der Waals surface area contributed by atoms with Gasteiger partial charge >= 0.3 is 39.5 Å². The predicted octanol–water partition coefficient (Wildman–Crippen LogP) is 21.6. The minimum Gasteiger partial charge on any atom is -0.462 e. The Balaban J connectivity index is 5.18. The smallest absolute Gasteiger partial charge is 0.462 e. The minimum absolute atomic E-state index is 0.106. The van der Waals surface area contributed by atoms with Crippen LogP contribution < -0.4 is 0 Å². The zero-order chi connectivity index (χ0) is 68.6. The molecule has 0 aromatic heterocycles. The highest BCUT2D eigenvalue weighted by atomic mass is 31.2. The number of aliphatic hydroxyl groups is 1. The number of phosphoric ester groups is 2. The molecule has 0 saturated carbocycles. The number of ether oxygens (including phenoxy) is 4. The number of rotatable bonds is 73. The van der Waals surface area contributed by atoms with Gasteiger partial charge < -0.3 is 33.8 Å². The van der Waals surface area contributed by atoms with Gasteiger partial charge in [0.05, 0.1) is 26.4 Å². The van der Waals surface area contributed by atoms with E-state index in [2.05, 4.69) is 41.5 Å². The predicted molar refractivity (Wildman–Crippen MR) is 377 cm³/mol. The molecule has 17 nitrogen and oxygen atoms in total. The van der Waals surface area contributed by atoms with Crippen LogP contribution in [0.1, 0.15) is 382 Å². The number of hydrogen-bond donors (Lipinski definition) is 3. The Morgan fingerprint density at radius 3 is 0.731 bits per heavy atom. The van der Waals surface area contributed by atoms with Gasteiger partial charge in [0, 0.05) is 25.7 Å². The lowest BCUT2D eigenvalue weighted by Crippen LogP contribution is -2.30. The number of hydrogen-bond acceptors (Lipinski definition) is 15. The summed E-state index contributed by atoms with van der Waals surface area (Å²) in [7, 11) is -9.90. The Bertz CT molecular complexity index is 1800. The molecule has 0 rings (SSSR count). The number of esters is 4. The Morgan fingerprint density at radius 2 is 0.495 bits per heavy atom. The highest BCUT2D eigenvalue weighted by Crippen LogP contribution is 2.45. The molecular formula is C74H144O17P2. The van der Waals surface area contributed by atoms with E-state index in [9.17, 15) is 43.2 Å². The summed E-state index contributed by atoms with van der Waals surface area (Å²) in [6, 6.07) is 0. The summed E-state index contributed by atoms with van der Waals surface area (Å²) < 4.78 is 68.3. The lowest BCUT2D eigenvalue weighted by Gasteiger charge is -2.21. The highest BCUT2D eigenvalue weighted by Gasteiger charge is 2.30. The van der Waals surface area contributed by atoms with Gasteiger partial charge in [0.15, 0.2) is 12.2 Å². The van der Waals surface area contributed by atoms with Crippen molar-refractivity contribution in [1.29, 1.82) is 0 Å². The van der Waals surface area contributed by atoms with Crippen LogP contribution in [0.2, 0.25) is 0 Å². The number of phosphoric acid groups is 2. The molecule has 0 aliphatic carbocycles. The van der Waals surface area contributed by atoms with Crippen molar-refractivity contribution in [3.63, 3.8) is 0 Å². The second-order valence-electron chi connectivity index (χ2n) is 27.6. The third kappa shape index (κ3) is 68.4. The molecule has 0 aliphatic rings. The van der Waals surface area contributed by atoms with Gasteiger partial charge in [0.2, 0.25) is 0 Å². The average Bonchev–Trinajstić information content (AvgIpc) is 2.75. The molecule has 0 heterocycles. The van der Waals surface area contributed by atoms with E-state index < -0.39 is 97.5 Å². The molecule has 3 N–H and O–H groups in total. The van der Waals surface area contributed by atoms with Crippen LogP contribution in [-0.2, 0) is 65.4 Å². The number of unbranched alkanes of at least 4 members (excludes halogenated alkanes) is 43. The van der Waals surface area contributed by atoms with Crippen molar-refractivity contribution in [1.82, 2.24) is 0 Å². The van der Waals surface area contributed by atoms with Gasteiger partial charge in [-0.3, -0.25) is 37.3 Å². The van der Waals surface area contributed by atoms with E-state index in [1.807, 2.05) is 0 Å². The van der Waals surface area contributed by atoms with Crippen LogP contribution >= 0.6 is 15.6 Å². The molecule has 0 fully saturated rings. The van der Waals surface area contributed by atoms with Crippen LogP contribution in [-0.4, -0.2) is 96.7 Å². The van der Waals surface area contributed by atoms with E-state index in [1.54, 1.807) is 0 Å². The molecule has 0 aliphatic heterocycles. The van der Waals surface area contributed by atoms with E-state index in [4.69, 9.17) is 37.0 Å². The molecule has 0 amide bonds. The molecule has 5 atom stereocenters. The fourth-order valence-electron chi connectivity index (χ4n) is 11.3. The lowest BCUT2D eigenvalue weighted by atomic mass is 10.0. The maximum Gasteiger partial charge on any atom is 0.472 e. The van der Waals surface area contributed by atoms with E-state index in [1.165, 1.54) is 193 Å². The van der Waals surface area contributed by atoms with Gasteiger partial charge in [-0.05, 0) is 37.5 Å². The van der Waals surface area contributed by atoms with Crippen LogP contribution in [0.5, 0.6) is 0 Å². The van der Waals surface area contributed by atoms with Gasteiger partial charge in [-0.25, -0.2) is 9.13 Å². The zero-order valence-electron chi connectivity index (χ0n) is 60.6. The summed E-state index contributed by atoms with van der Waals surface area (Å²) in [5, 5.41) is 10.6. The van der Waals surface area contributed by atoms with Crippen LogP contribution in [0.3, 0.4) is 0 Å². The third-order valence-electron chi connectivity index (χ3n) is 17.2. The first-order valence-corrected chi connectivity index (χ1v) is 41.5. The second kappa shape index (κ2) is 66.0. The molecule has 0 bridgehead atoms. The molecule has 0 aromatic carbocycles. The molecule has 0 spiro atoms. The van der Waals surface area contributed by atoms with E-state index in [-0.39, 0.29) is 25.7 Å². The van der Waals surface area contributed by atoms with Gasteiger partial charge in [0.1, 0.15) is 19.3 Å². The number of carbonyl (C=O) groups is 4. The van der Waals surface area contributed by atoms with Gasteiger partial charge in [0.25, 0.3) is 0 Å². The van der Waals surface area contributed by atoms with Gasteiger partial charge in [-0.1, -0.05) is 330 Å². The normalized spacial score (nSPS) is 14.1. The Hall–Kier alpha value is -1.94. The van der Waals surface area contributed by atoms with Crippen molar-refractivity contribution in [3.8, 4) is 0 Å². The molecule has 93 heavy (non-hydrogen) atoms. The Morgan fingerprint density at radius 1 is 0.290 bits per heavy atom. The van der Waals surface area contributed by atoms with Gasteiger partial charge in [-0.2, -0.15) is 0 Å². The summed E-state index contributed by atoms with van der Waals surface area (Å²) in [4.78, 5) is 72.5. The molecule has 0 radical (unpaired) electrons. The number of carbonyl (C=O) groups excluding carboxylic acids is 4. The summed E-state index contributed by atoms with van der Waals surface area (Å²) >= 11 is 0. The van der Waals surface area contributed by atoms with Crippen molar-refractivity contribution in [2.75, 3.05) is 39.6 Å². The maximum atomic E-state index is 13.1. The topological polar surface area (TPSA) is 237 Å². The molecule has 552 valence electrons. The van der Waals surface area contributed by atoms with Crippen LogP contribution in [0.15, 0.2) is 0 Å². The van der Waals surface area contributed by atoms with Crippen molar-refractivity contribution >= 4 is 39.5 Å². The molecule has 0 saturated heterocycles. The summed E-state index contributed by atoms with van der Waals surface area (Å²) in [6.45, 7) is 9.59. The third-order valence-corrected chi connectivity index (χ3v) is 19.1. The largest absolute Gasteiger partial charge is 0.472 e. The van der Waals surface area contributed by atoms with Crippen molar-refractivity contribution < 1.29 is 80.2 Å². The standard InChI is InChI=1S/C74H144O17P2/c1-7-9-11-13-15-31-40-46-52-58-73(78)90-69(62-84-71(76)56-50-44-38-16-14-12-10-8-2)64-88-92(80,81)86-60-68(75)61-87-93(82,83)89-65-70(91-74(79)59-53-47-41-35-30-26-22-18-20-24-28-33-37-43-49-55-67(5)6)63-85-72(77)57-51-45-39-34-29-25-21-17-19-23-27-32-36-42-48-54-66(3)4/h66-70,75H,7-65H2,1-6H3,(H,80,81)(H,82,83)/t68-,69+,70+/m0/s1. The van der Waals surface area contributed by atoms with E-state index in [0.29, 0.717) is 25.7 Å². The summed E-state index contributed by atoms with van der Waals surface area (Å²) in [5.74, 6) is -0.513. The summed E-state index contributed by atoms with van der Waals surface area (Å²) in [6.07, 6.45) is 52.8. The second-order valence-corrected chi connectivity index (χ2v) is 30.5. The zero-order valence-corrected chi connectivity index (χ0v) is 62.3. The van der Waals surface area contributed by atoms with Crippen molar-refractivity contribution in [2.24, 2.45) is 11.8 Å². The molecular weight excluding hydrogens is 1220 g/mol. The Labute approximate surface area is 568 Å². The summed E-state index contributed by atoms with van der Waals surface area (Å²) in [5.41, 5.74) is 0.